The molecule has 0 aliphatic heterocycles. The first kappa shape index (κ1) is 9.34. The smallest absolute Gasteiger partial charge is 0.181 e. The maximum Gasteiger partial charge on any atom is 0.181 e. The van der Waals surface area contributed by atoms with Crippen LogP contribution in [-0.4, -0.2) is 6.10 Å². The Labute approximate surface area is 74.1 Å². The van der Waals surface area contributed by atoms with Gasteiger partial charge < -0.3 is 4.74 Å². The van der Waals surface area contributed by atoms with E-state index >= 15 is 0 Å². The van der Waals surface area contributed by atoms with Crippen LogP contribution in [0, 0.1) is 17.4 Å². The van der Waals surface area contributed by atoms with Crippen molar-refractivity contribution < 1.29 is 4.74 Å². The zero-order chi connectivity index (χ0) is 8.43. The highest BCUT2D eigenvalue weighted by Gasteiger charge is 2.39. The predicted molar refractivity (Wildman–Crippen MR) is 47.2 cm³/mol. The number of ether oxygens (including phenoxy) is 1. The SMILES string of the molecule is C[C](Cl)OC1CC1CC(C)C. The molecule has 1 aliphatic carbocycles. The summed E-state index contributed by atoms with van der Waals surface area (Å²) in [5, 5.41) is 0. The van der Waals surface area contributed by atoms with Crippen molar-refractivity contribution >= 4 is 11.6 Å². The van der Waals surface area contributed by atoms with E-state index in [1.54, 1.807) is 6.92 Å². The van der Waals surface area contributed by atoms with E-state index < -0.39 is 0 Å². The van der Waals surface area contributed by atoms with Gasteiger partial charge >= 0.3 is 0 Å². The molecule has 0 saturated heterocycles. The molecule has 65 valence electrons. The Kier molecular flexibility index (Phi) is 3.20. The maximum atomic E-state index is 5.61. The maximum absolute atomic E-state index is 5.61. The first-order valence-corrected chi connectivity index (χ1v) is 4.63. The lowest BCUT2D eigenvalue weighted by molar-refractivity contribution is 0.154. The third-order valence-electron chi connectivity index (χ3n) is 1.95. The van der Waals surface area contributed by atoms with Crippen molar-refractivity contribution in [1.29, 1.82) is 0 Å². The van der Waals surface area contributed by atoms with Gasteiger partial charge in [0, 0.05) is 0 Å². The third-order valence-corrected chi connectivity index (χ3v) is 2.03. The Hall–Kier alpha value is 0.250. The van der Waals surface area contributed by atoms with Crippen LogP contribution < -0.4 is 0 Å². The Balaban J connectivity index is 2.07. The molecule has 0 aromatic carbocycles. The van der Waals surface area contributed by atoms with Gasteiger partial charge in [-0.05, 0) is 31.6 Å². The van der Waals surface area contributed by atoms with E-state index in [9.17, 15) is 0 Å². The van der Waals surface area contributed by atoms with Crippen LogP contribution in [0.3, 0.4) is 0 Å². The summed E-state index contributed by atoms with van der Waals surface area (Å²) >= 11 is 5.61. The summed E-state index contributed by atoms with van der Waals surface area (Å²) < 4.78 is 5.36. The lowest BCUT2D eigenvalue weighted by atomic mass is 10.1. The minimum Gasteiger partial charge on any atom is -0.352 e. The van der Waals surface area contributed by atoms with Gasteiger partial charge in [0.2, 0.25) is 0 Å². The molecule has 11 heavy (non-hydrogen) atoms. The van der Waals surface area contributed by atoms with Crippen molar-refractivity contribution in [3.8, 4) is 0 Å². The molecule has 0 aromatic rings. The second-order valence-corrected chi connectivity index (χ2v) is 4.28. The molecule has 1 saturated carbocycles. The molecule has 1 radical (unpaired) electrons. The van der Waals surface area contributed by atoms with Crippen LogP contribution in [0.25, 0.3) is 0 Å². The molecular formula is C9H16ClO. The van der Waals surface area contributed by atoms with Gasteiger partial charge in [0.25, 0.3) is 0 Å². The van der Waals surface area contributed by atoms with E-state index in [-0.39, 0.29) is 0 Å². The van der Waals surface area contributed by atoms with Gasteiger partial charge in [-0.1, -0.05) is 25.4 Å². The molecule has 1 rings (SSSR count). The van der Waals surface area contributed by atoms with Crippen LogP contribution in [-0.2, 0) is 4.74 Å². The average molecular weight is 176 g/mol. The van der Waals surface area contributed by atoms with E-state index in [0.29, 0.717) is 11.7 Å². The highest BCUT2D eigenvalue weighted by atomic mass is 35.5. The van der Waals surface area contributed by atoms with Crippen molar-refractivity contribution in [3.05, 3.63) is 5.56 Å². The Morgan fingerprint density at radius 2 is 2.27 bits per heavy atom. The zero-order valence-electron chi connectivity index (χ0n) is 7.43. The highest BCUT2D eigenvalue weighted by molar-refractivity contribution is 6.25. The van der Waals surface area contributed by atoms with Gasteiger partial charge in [-0.3, -0.25) is 0 Å². The Morgan fingerprint density at radius 3 is 2.73 bits per heavy atom. The first-order valence-electron chi connectivity index (χ1n) is 4.25. The highest BCUT2D eigenvalue weighted by Crippen LogP contribution is 2.40. The second kappa shape index (κ2) is 3.77. The van der Waals surface area contributed by atoms with E-state index in [1.165, 1.54) is 12.8 Å². The number of hydrogen-bond acceptors (Lipinski definition) is 1. The molecule has 0 spiro atoms. The summed E-state index contributed by atoms with van der Waals surface area (Å²) in [5.74, 6) is 1.55. The molecule has 1 nitrogen and oxygen atoms in total. The molecule has 2 unspecified atom stereocenters. The van der Waals surface area contributed by atoms with Crippen molar-refractivity contribution in [1.82, 2.24) is 0 Å². The van der Waals surface area contributed by atoms with Gasteiger partial charge in [-0.2, -0.15) is 0 Å². The molecular weight excluding hydrogens is 160 g/mol. The van der Waals surface area contributed by atoms with Crippen LogP contribution >= 0.6 is 11.6 Å². The second-order valence-electron chi connectivity index (χ2n) is 3.75. The third kappa shape index (κ3) is 3.44. The summed E-state index contributed by atoms with van der Waals surface area (Å²) in [7, 11) is 0. The minimum absolute atomic E-state index is 0.426. The van der Waals surface area contributed by atoms with E-state index in [0.717, 1.165) is 11.8 Å². The fourth-order valence-corrected chi connectivity index (χ4v) is 1.54. The monoisotopic (exact) mass is 175 g/mol. The number of rotatable bonds is 4. The van der Waals surface area contributed by atoms with Crippen molar-refractivity contribution in [3.63, 3.8) is 0 Å². The Morgan fingerprint density at radius 1 is 1.64 bits per heavy atom. The lowest BCUT2D eigenvalue weighted by Gasteiger charge is -2.05. The average Bonchev–Trinajstić information content (AvgIpc) is 2.43. The van der Waals surface area contributed by atoms with Crippen LogP contribution in [0.4, 0.5) is 0 Å². The predicted octanol–water partition coefficient (Wildman–Crippen LogP) is 3.19. The van der Waals surface area contributed by atoms with Crippen LogP contribution in [0.15, 0.2) is 0 Å². The van der Waals surface area contributed by atoms with Crippen molar-refractivity contribution in [2.45, 2.75) is 39.7 Å². The molecule has 2 heteroatoms. The molecule has 0 amide bonds. The zero-order valence-corrected chi connectivity index (χ0v) is 8.19. The molecule has 1 aliphatic rings. The number of hydrogen-bond donors (Lipinski definition) is 0. The summed E-state index contributed by atoms with van der Waals surface area (Å²) in [4.78, 5) is 0. The van der Waals surface area contributed by atoms with Crippen LogP contribution in [0.5, 0.6) is 0 Å². The minimum atomic E-state index is 0.426. The molecule has 0 N–H and O–H groups in total. The fourth-order valence-electron chi connectivity index (χ4n) is 1.43. The van der Waals surface area contributed by atoms with E-state index in [2.05, 4.69) is 13.8 Å². The van der Waals surface area contributed by atoms with Crippen LogP contribution in [0.2, 0.25) is 0 Å². The molecule has 2 atom stereocenters. The van der Waals surface area contributed by atoms with Gasteiger partial charge in [-0.25, -0.2) is 0 Å². The molecule has 0 aromatic heterocycles. The molecule has 1 fully saturated rings. The quantitative estimate of drug-likeness (QED) is 0.638. The van der Waals surface area contributed by atoms with Crippen molar-refractivity contribution in [2.24, 2.45) is 11.8 Å². The fraction of sp³-hybridized carbons (Fsp3) is 0.889. The standard InChI is InChI=1S/C9H16ClO/c1-6(2)4-8-5-9(8)11-7(3)10/h6,8-9H,4-5H2,1-3H3. The molecule has 0 heterocycles. The normalized spacial score (nSPS) is 30.0. The summed E-state index contributed by atoms with van der Waals surface area (Å²) in [6.45, 7) is 6.28. The topological polar surface area (TPSA) is 9.23 Å². The first-order chi connectivity index (χ1) is 5.09. The summed E-state index contributed by atoms with van der Waals surface area (Å²) in [6.07, 6.45) is 2.90. The summed E-state index contributed by atoms with van der Waals surface area (Å²) in [6, 6.07) is 0. The van der Waals surface area contributed by atoms with Gasteiger partial charge in [0.15, 0.2) is 5.56 Å². The lowest BCUT2D eigenvalue weighted by Crippen LogP contribution is -1.99. The van der Waals surface area contributed by atoms with Gasteiger partial charge in [-0.15, -0.1) is 0 Å². The summed E-state index contributed by atoms with van der Waals surface area (Å²) in [5.41, 5.74) is 0.584. The van der Waals surface area contributed by atoms with Gasteiger partial charge in [0.1, 0.15) is 0 Å². The van der Waals surface area contributed by atoms with E-state index in [4.69, 9.17) is 16.3 Å². The number of halogens is 1. The van der Waals surface area contributed by atoms with E-state index in [1.807, 2.05) is 0 Å². The Bertz CT molecular complexity index is 109. The van der Waals surface area contributed by atoms with Crippen LogP contribution in [0.1, 0.15) is 33.6 Å². The van der Waals surface area contributed by atoms with Crippen molar-refractivity contribution in [2.75, 3.05) is 0 Å². The van der Waals surface area contributed by atoms with Gasteiger partial charge in [0.05, 0.1) is 6.10 Å². The largest absolute Gasteiger partial charge is 0.352 e. The molecule has 0 bridgehead atoms.